The number of hydrogen-bond donors (Lipinski definition) is 5. The van der Waals surface area contributed by atoms with Crippen LogP contribution in [0.1, 0.15) is 219 Å². The van der Waals surface area contributed by atoms with Crippen molar-refractivity contribution >= 4 is 11.9 Å². The van der Waals surface area contributed by atoms with Crippen molar-refractivity contribution in [2.75, 3.05) is 52.5 Å². The second kappa shape index (κ2) is 48.9. The van der Waals surface area contributed by atoms with Crippen molar-refractivity contribution in [2.45, 2.75) is 231 Å². The summed E-state index contributed by atoms with van der Waals surface area (Å²) in [4.78, 5) is 25.5. The van der Waals surface area contributed by atoms with E-state index in [2.05, 4.69) is 54.1 Å². The first kappa shape index (κ1) is 57.2. The first-order chi connectivity index (χ1) is 29.1. The number of allylic oxidation sites excluding steroid dienone is 4. The number of rotatable bonds is 48. The van der Waals surface area contributed by atoms with Crippen LogP contribution in [0.15, 0.2) is 24.3 Å². The molecule has 0 bridgehead atoms. The highest BCUT2D eigenvalue weighted by Crippen LogP contribution is 2.12. The van der Waals surface area contributed by atoms with Crippen molar-refractivity contribution in [1.82, 2.24) is 16.0 Å². The molecule has 0 amide bonds. The molecule has 0 fully saturated rings. The number of nitrogens with two attached hydrogens (primary N) is 2. The number of hydrogen-bond acceptors (Lipinski definition) is 9. The average molecular weight is 834 g/mol. The number of carbonyl (C=O) groups is 2. The lowest BCUT2D eigenvalue weighted by Crippen LogP contribution is -2.47. The van der Waals surface area contributed by atoms with Gasteiger partial charge in [-0.3, -0.25) is 9.59 Å². The molecule has 348 valence electrons. The number of nitrogens with one attached hydrogen (secondary N) is 3. The summed E-state index contributed by atoms with van der Waals surface area (Å²) in [6.45, 7) is 9.70. The van der Waals surface area contributed by atoms with Gasteiger partial charge < -0.3 is 36.9 Å². The third kappa shape index (κ3) is 45.6. The fourth-order valence-electron chi connectivity index (χ4n) is 7.20. The van der Waals surface area contributed by atoms with Crippen molar-refractivity contribution < 1.29 is 19.1 Å². The molecule has 0 saturated heterocycles. The van der Waals surface area contributed by atoms with Crippen LogP contribution < -0.4 is 27.4 Å². The molecule has 0 aromatic rings. The topological polar surface area (TPSA) is 141 Å². The first-order valence-electron chi connectivity index (χ1n) is 25.3. The van der Waals surface area contributed by atoms with Crippen molar-refractivity contribution in [3.8, 4) is 0 Å². The molecule has 1 unspecified atom stereocenters. The van der Waals surface area contributed by atoms with Gasteiger partial charge >= 0.3 is 11.9 Å². The SMILES string of the molecule is CCCCCCCC/C=C\CCCCCCCC(=O)OCC(COC(=O)CCCCCCC/C=C\CCCCCCCC)NCC(CCCNCCCN)NCCCN. The molecule has 9 nitrogen and oxygen atoms in total. The molecule has 0 saturated carbocycles. The third-order valence-electron chi connectivity index (χ3n) is 11.1. The zero-order valence-corrected chi connectivity index (χ0v) is 39.0. The van der Waals surface area contributed by atoms with Gasteiger partial charge in [-0.1, -0.05) is 141 Å². The monoisotopic (exact) mass is 834 g/mol. The Labute approximate surface area is 365 Å². The fraction of sp³-hybridized carbons (Fsp3) is 0.880. The standard InChI is InChI=1S/C50H99N5O4/c1-3-5-7-9-11-13-15-17-19-21-23-25-27-29-31-37-49(56)58-45-48(55-44-47(54-43-35-40-52)36-33-41-53-42-34-39-51)46-59-50(57)38-32-30-28-26-24-22-20-18-16-14-12-10-8-6-4-2/h17-20,47-48,53-55H,3-16,21-46,51-52H2,1-2H3/b19-17-,20-18-. The third-order valence-corrected chi connectivity index (χ3v) is 11.1. The van der Waals surface area contributed by atoms with Gasteiger partial charge in [0.2, 0.25) is 0 Å². The molecule has 0 heterocycles. The fourth-order valence-corrected chi connectivity index (χ4v) is 7.20. The zero-order chi connectivity index (χ0) is 43.0. The van der Waals surface area contributed by atoms with Crippen LogP contribution in [0.25, 0.3) is 0 Å². The maximum absolute atomic E-state index is 12.7. The molecule has 1 atom stereocenters. The summed E-state index contributed by atoms with van der Waals surface area (Å²) >= 11 is 0. The summed E-state index contributed by atoms with van der Waals surface area (Å²) in [5, 5.41) is 10.7. The van der Waals surface area contributed by atoms with Crippen molar-refractivity contribution in [3.63, 3.8) is 0 Å². The molecule has 0 aliphatic carbocycles. The number of unbranched alkanes of at least 4 members (excludes halogenated alkanes) is 22. The molecule has 0 aliphatic rings. The van der Waals surface area contributed by atoms with Crippen molar-refractivity contribution in [1.29, 1.82) is 0 Å². The summed E-state index contributed by atoms with van der Waals surface area (Å²) in [6.07, 6.45) is 46.1. The van der Waals surface area contributed by atoms with E-state index in [0.717, 1.165) is 96.7 Å². The molecule has 7 N–H and O–H groups in total. The highest BCUT2D eigenvalue weighted by atomic mass is 16.5. The van der Waals surface area contributed by atoms with E-state index in [0.29, 0.717) is 32.5 Å². The summed E-state index contributed by atoms with van der Waals surface area (Å²) in [5.41, 5.74) is 11.4. The first-order valence-corrected chi connectivity index (χ1v) is 25.3. The van der Waals surface area contributed by atoms with E-state index in [1.807, 2.05) is 0 Å². The van der Waals surface area contributed by atoms with Crippen molar-refractivity contribution in [3.05, 3.63) is 24.3 Å². The van der Waals surface area contributed by atoms with E-state index in [9.17, 15) is 9.59 Å². The molecular weight excluding hydrogens is 735 g/mol. The van der Waals surface area contributed by atoms with Crippen LogP contribution in [0.4, 0.5) is 0 Å². The molecule has 0 spiro atoms. The van der Waals surface area contributed by atoms with Gasteiger partial charge in [-0.2, -0.15) is 0 Å². The van der Waals surface area contributed by atoms with Crippen LogP contribution >= 0.6 is 0 Å². The quantitative estimate of drug-likeness (QED) is 0.0230. The molecule has 59 heavy (non-hydrogen) atoms. The largest absolute Gasteiger partial charge is 0.464 e. The van der Waals surface area contributed by atoms with Crippen LogP contribution in [0, 0.1) is 0 Å². The second-order valence-electron chi connectivity index (χ2n) is 17.0. The van der Waals surface area contributed by atoms with E-state index >= 15 is 0 Å². The summed E-state index contributed by atoms with van der Waals surface area (Å²) in [6, 6.07) is -0.0222. The number of carbonyl (C=O) groups excluding carboxylic acids is 2. The van der Waals surface area contributed by atoms with E-state index in [4.69, 9.17) is 20.9 Å². The minimum absolute atomic E-state index is 0.171. The van der Waals surface area contributed by atoms with E-state index in [1.165, 1.54) is 116 Å². The van der Waals surface area contributed by atoms with Gasteiger partial charge in [-0.25, -0.2) is 0 Å². The van der Waals surface area contributed by atoms with E-state index in [1.54, 1.807) is 0 Å². The van der Waals surface area contributed by atoms with Gasteiger partial charge in [0, 0.05) is 25.4 Å². The zero-order valence-electron chi connectivity index (χ0n) is 39.0. The van der Waals surface area contributed by atoms with Crippen LogP contribution in [0.5, 0.6) is 0 Å². The van der Waals surface area contributed by atoms with Crippen LogP contribution in [0.3, 0.4) is 0 Å². The Morgan fingerprint density at radius 2 is 0.847 bits per heavy atom. The lowest BCUT2D eigenvalue weighted by Gasteiger charge is -2.24. The van der Waals surface area contributed by atoms with E-state index < -0.39 is 0 Å². The predicted molar refractivity (Wildman–Crippen MR) is 254 cm³/mol. The van der Waals surface area contributed by atoms with Gasteiger partial charge in [-0.05, 0) is 123 Å². The molecule has 0 rings (SSSR count). The number of ether oxygens (including phenoxy) is 2. The van der Waals surface area contributed by atoms with Gasteiger partial charge in [0.05, 0.1) is 6.04 Å². The normalized spacial score (nSPS) is 12.4. The highest BCUT2D eigenvalue weighted by Gasteiger charge is 2.17. The Kier molecular flexibility index (Phi) is 47.4. The number of esters is 2. The smallest absolute Gasteiger partial charge is 0.305 e. The minimum atomic E-state index is -0.257. The maximum Gasteiger partial charge on any atom is 0.305 e. The summed E-state index contributed by atoms with van der Waals surface area (Å²) in [5.74, 6) is -0.342. The van der Waals surface area contributed by atoms with Crippen LogP contribution in [0.2, 0.25) is 0 Å². The Morgan fingerprint density at radius 3 is 1.29 bits per heavy atom. The van der Waals surface area contributed by atoms with Gasteiger partial charge in [0.15, 0.2) is 0 Å². The lowest BCUT2D eigenvalue weighted by molar-refractivity contribution is -0.147. The minimum Gasteiger partial charge on any atom is -0.464 e. The average Bonchev–Trinajstić information content (AvgIpc) is 3.24. The van der Waals surface area contributed by atoms with E-state index in [-0.39, 0.29) is 37.2 Å². The lowest BCUT2D eigenvalue weighted by atomic mass is 10.1. The summed E-state index contributed by atoms with van der Waals surface area (Å²) < 4.78 is 11.5. The molecular formula is C50H99N5O4. The molecule has 0 aromatic carbocycles. The molecule has 0 aliphatic heterocycles. The summed E-state index contributed by atoms with van der Waals surface area (Å²) in [7, 11) is 0. The van der Waals surface area contributed by atoms with Crippen LogP contribution in [-0.2, 0) is 19.1 Å². The van der Waals surface area contributed by atoms with Gasteiger partial charge in [-0.15, -0.1) is 0 Å². The molecule has 9 heteroatoms. The maximum atomic E-state index is 12.7. The Morgan fingerprint density at radius 1 is 0.458 bits per heavy atom. The highest BCUT2D eigenvalue weighted by molar-refractivity contribution is 5.69. The van der Waals surface area contributed by atoms with Gasteiger partial charge in [0.25, 0.3) is 0 Å². The molecule has 0 aromatic heterocycles. The Balaban J connectivity index is 4.57. The molecule has 0 radical (unpaired) electrons. The predicted octanol–water partition coefficient (Wildman–Crippen LogP) is 11.1. The van der Waals surface area contributed by atoms with Crippen LogP contribution in [-0.4, -0.2) is 76.5 Å². The van der Waals surface area contributed by atoms with Crippen molar-refractivity contribution in [2.24, 2.45) is 11.5 Å². The Hall–Kier alpha value is -1.78. The van der Waals surface area contributed by atoms with Gasteiger partial charge in [0.1, 0.15) is 13.2 Å². The Bertz CT molecular complexity index is 877. The second-order valence-corrected chi connectivity index (χ2v) is 17.0.